The van der Waals surface area contributed by atoms with Crippen LogP contribution >= 0.6 is 0 Å². The molecule has 0 aliphatic rings. The molecule has 2 atom stereocenters. The summed E-state index contributed by atoms with van der Waals surface area (Å²) in [6, 6.07) is 5.22. The second-order valence-electron chi connectivity index (χ2n) is 4.51. The zero-order valence-electron chi connectivity index (χ0n) is 11.9. The van der Waals surface area contributed by atoms with Crippen LogP contribution in [0.5, 0.6) is 11.5 Å². The average Bonchev–Trinajstić information content (AvgIpc) is 2.44. The van der Waals surface area contributed by atoms with Gasteiger partial charge in [-0.05, 0) is 31.5 Å². The summed E-state index contributed by atoms with van der Waals surface area (Å²) in [6.07, 6.45) is 0. The fourth-order valence-corrected chi connectivity index (χ4v) is 1.70. The van der Waals surface area contributed by atoms with Gasteiger partial charge in [-0.2, -0.15) is 0 Å². The van der Waals surface area contributed by atoms with Gasteiger partial charge in [-0.1, -0.05) is 13.0 Å². The molecular weight excluding hydrogens is 244 g/mol. The van der Waals surface area contributed by atoms with Gasteiger partial charge in [-0.3, -0.25) is 4.79 Å². The third-order valence-electron chi connectivity index (χ3n) is 3.24. The third kappa shape index (κ3) is 3.61. The van der Waals surface area contributed by atoms with E-state index in [1.165, 1.54) is 14.2 Å². The lowest BCUT2D eigenvalue weighted by molar-refractivity contribution is 0.0923. The minimum Gasteiger partial charge on any atom is -0.496 e. The maximum atomic E-state index is 12.3. The van der Waals surface area contributed by atoms with E-state index in [1.54, 1.807) is 18.2 Å². The molecule has 1 aromatic rings. The molecule has 1 aromatic carbocycles. The molecule has 3 N–H and O–H groups in total. The molecule has 2 unspecified atom stereocenters. The first-order valence-corrected chi connectivity index (χ1v) is 6.27. The van der Waals surface area contributed by atoms with E-state index in [2.05, 4.69) is 5.32 Å². The van der Waals surface area contributed by atoms with Crippen molar-refractivity contribution in [3.63, 3.8) is 0 Å². The fraction of sp³-hybridized carbons (Fsp3) is 0.500. The topological polar surface area (TPSA) is 73.6 Å². The van der Waals surface area contributed by atoms with Crippen LogP contribution in [0.2, 0.25) is 0 Å². The molecule has 0 fully saturated rings. The van der Waals surface area contributed by atoms with E-state index in [0.717, 1.165) is 0 Å². The zero-order chi connectivity index (χ0) is 14.4. The number of amides is 1. The number of hydrogen-bond acceptors (Lipinski definition) is 4. The molecule has 0 spiro atoms. The van der Waals surface area contributed by atoms with Gasteiger partial charge in [0.1, 0.15) is 17.1 Å². The van der Waals surface area contributed by atoms with Crippen molar-refractivity contribution >= 4 is 5.91 Å². The highest BCUT2D eigenvalue weighted by atomic mass is 16.5. The maximum Gasteiger partial charge on any atom is 0.259 e. The summed E-state index contributed by atoms with van der Waals surface area (Å²) < 4.78 is 10.4. The van der Waals surface area contributed by atoms with Crippen LogP contribution in [0.15, 0.2) is 18.2 Å². The zero-order valence-corrected chi connectivity index (χ0v) is 11.9. The van der Waals surface area contributed by atoms with Crippen molar-refractivity contribution in [2.24, 2.45) is 11.7 Å². The van der Waals surface area contributed by atoms with E-state index < -0.39 is 0 Å². The van der Waals surface area contributed by atoms with Crippen LogP contribution in [-0.4, -0.2) is 32.7 Å². The van der Waals surface area contributed by atoms with E-state index in [-0.39, 0.29) is 17.9 Å². The predicted molar refractivity (Wildman–Crippen MR) is 74.7 cm³/mol. The van der Waals surface area contributed by atoms with Crippen LogP contribution in [0.3, 0.4) is 0 Å². The summed E-state index contributed by atoms with van der Waals surface area (Å²) in [6.45, 7) is 4.44. The first-order valence-electron chi connectivity index (χ1n) is 6.27. The van der Waals surface area contributed by atoms with Crippen molar-refractivity contribution in [2.75, 3.05) is 20.8 Å². The molecule has 19 heavy (non-hydrogen) atoms. The highest BCUT2D eigenvalue weighted by Crippen LogP contribution is 2.28. The molecule has 5 nitrogen and oxygen atoms in total. The van der Waals surface area contributed by atoms with Gasteiger partial charge >= 0.3 is 0 Å². The van der Waals surface area contributed by atoms with Gasteiger partial charge in [-0.15, -0.1) is 0 Å². The summed E-state index contributed by atoms with van der Waals surface area (Å²) in [5.41, 5.74) is 6.00. The molecule has 0 aliphatic carbocycles. The first-order chi connectivity index (χ1) is 9.04. The van der Waals surface area contributed by atoms with Crippen molar-refractivity contribution in [2.45, 2.75) is 19.9 Å². The average molecular weight is 266 g/mol. The Hall–Kier alpha value is -1.75. The van der Waals surface area contributed by atoms with Crippen molar-refractivity contribution in [1.29, 1.82) is 0 Å². The SMILES string of the molecule is COc1cccc(OC)c1C(=O)NC(C)C(C)CN. The molecule has 0 heterocycles. The highest BCUT2D eigenvalue weighted by Gasteiger charge is 2.21. The Balaban J connectivity index is 2.98. The minimum atomic E-state index is -0.220. The number of carbonyl (C=O) groups is 1. The Morgan fingerprint density at radius 1 is 1.26 bits per heavy atom. The maximum absolute atomic E-state index is 12.3. The van der Waals surface area contributed by atoms with Gasteiger partial charge in [0.15, 0.2) is 0 Å². The Morgan fingerprint density at radius 2 is 1.79 bits per heavy atom. The van der Waals surface area contributed by atoms with Crippen LogP contribution < -0.4 is 20.5 Å². The standard InChI is InChI=1S/C14H22N2O3/c1-9(8-15)10(2)16-14(17)13-11(18-3)6-5-7-12(13)19-4/h5-7,9-10H,8,15H2,1-4H3,(H,16,17). The predicted octanol–water partition coefficient (Wildman–Crippen LogP) is 1.42. The van der Waals surface area contributed by atoms with Gasteiger partial charge in [-0.25, -0.2) is 0 Å². The first kappa shape index (κ1) is 15.3. The lowest BCUT2D eigenvalue weighted by atomic mass is 10.0. The number of benzene rings is 1. The lowest BCUT2D eigenvalue weighted by Gasteiger charge is -2.21. The van der Waals surface area contributed by atoms with Crippen molar-refractivity contribution < 1.29 is 14.3 Å². The Bertz CT molecular complexity index is 412. The smallest absolute Gasteiger partial charge is 0.259 e. The van der Waals surface area contributed by atoms with Gasteiger partial charge in [0.05, 0.1) is 14.2 Å². The van der Waals surface area contributed by atoms with Crippen LogP contribution in [0.25, 0.3) is 0 Å². The summed E-state index contributed by atoms with van der Waals surface area (Å²) in [4.78, 5) is 12.3. The molecule has 0 saturated carbocycles. The Labute approximate surface area is 114 Å². The molecular formula is C14H22N2O3. The second kappa shape index (κ2) is 6.99. The number of rotatable bonds is 6. The number of nitrogens with one attached hydrogen (secondary N) is 1. The van der Waals surface area contributed by atoms with Crippen molar-refractivity contribution in [3.8, 4) is 11.5 Å². The van der Waals surface area contributed by atoms with E-state index in [0.29, 0.717) is 23.6 Å². The fourth-order valence-electron chi connectivity index (χ4n) is 1.70. The van der Waals surface area contributed by atoms with Crippen molar-refractivity contribution in [1.82, 2.24) is 5.32 Å². The number of hydrogen-bond donors (Lipinski definition) is 2. The van der Waals surface area contributed by atoms with Crippen LogP contribution in [0.1, 0.15) is 24.2 Å². The Morgan fingerprint density at radius 3 is 2.21 bits per heavy atom. The second-order valence-corrected chi connectivity index (χ2v) is 4.51. The van der Waals surface area contributed by atoms with E-state index in [1.807, 2.05) is 13.8 Å². The van der Waals surface area contributed by atoms with Crippen LogP contribution in [0.4, 0.5) is 0 Å². The van der Waals surface area contributed by atoms with Crippen molar-refractivity contribution in [3.05, 3.63) is 23.8 Å². The largest absolute Gasteiger partial charge is 0.496 e. The summed E-state index contributed by atoms with van der Waals surface area (Å²) in [5.74, 6) is 0.959. The number of ether oxygens (including phenoxy) is 2. The number of carbonyl (C=O) groups excluding carboxylic acids is 1. The van der Waals surface area contributed by atoms with Crippen LogP contribution in [0, 0.1) is 5.92 Å². The van der Waals surface area contributed by atoms with Crippen LogP contribution in [-0.2, 0) is 0 Å². The molecule has 0 radical (unpaired) electrons. The molecule has 0 saturated heterocycles. The summed E-state index contributed by atoms with van der Waals surface area (Å²) in [7, 11) is 3.05. The van der Waals surface area contributed by atoms with Gasteiger partial charge in [0.2, 0.25) is 0 Å². The lowest BCUT2D eigenvalue weighted by Crippen LogP contribution is -2.40. The minimum absolute atomic E-state index is 0.0212. The third-order valence-corrected chi connectivity index (χ3v) is 3.24. The quantitative estimate of drug-likeness (QED) is 0.816. The van der Waals surface area contributed by atoms with Gasteiger partial charge in [0, 0.05) is 6.04 Å². The summed E-state index contributed by atoms with van der Waals surface area (Å²) >= 11 is 0. The Kier molecular flexibility index (Phi) is 5.63. The number of methoxy groups -OCH3 is 2. The van der Waals surface area contributed by atoms with Gasteiger partial charge in [0.25, 0.3) is 5.91 Å². The summed E-state index contributed by atoms with van der Waals surface area (Å²) in [5, 5.41) is 2.92. The highest BCUT2D eigenvalue weighted by molar-refractivity contribution is 5.99. The monoisotopic (exact) mass is 266 g/mol. The number of nitrogens with two attached hydrogens (primary N) is 1. The molecule has 1 rings (SSSR count). The van der Waals surface area contributed by atoms with E-state index in [4.69, 9.17) is 15.2 Å². The van der Waals surface area contributed by atoms with E-state index in [9.17, 15) is 4.79 Å². The molecule has 1 amide bonds. The van der Waals surface area contributed by atoms with E-state index >= 15 is 0 Å². The molecule has 0 aliphatic heterocycles. The molecule has 0 aromatic heterocycles. The molecule has 5 heteroatoms. The molecule has 0 bridgehead atoms. The van der Waals surface area contributed by atoms with Gasteiger partial charge < -0.3 is 20.5 Å². The normalized spacial score (nSPS) is 13.5. The molecule has 106 valence electrons.